The summed E-state index contributed by atoms with van der Waals surface area (Å²) in [6, 6.07) is 3.50. The standard InChI is InChI=1S/C15H22FN3O3/c1-21-13-2-3-14(18-10-13)22-9-6-17-11-15(16)4-7-19(12-20)8-5-15/h2-3,10,12,17H,4-9,11H2,1H3. The van der Waals surface area contributed by atoms with Crippen molar-refractivity contribution < 1.29 is 18.7 Å². The summed E-state index contributed by atoms with van der Waals surface area (Å²) in [5.74, 6) is 1.18. The Morgan fingerprint density at radius 2 is 2.23 bits per heavy atom. The zero-order chi connectivity index (χ0) is 15.8. The Labute approximate surface area is 129 Å². The highest BCUT2D eigenvalue weighted by atomic mass is 19.1. The number of piperidine rings is 1. The van der Waals surface area contributed by atoms with Crippen LogP contribution in [0.5, 0.6) is 11.6 Å². The fraction of sp³-hybridized carbons (Fsp3) is 0.600. The molecule has 6 nitrogen and oxygen atoms in total. The molecule has 1 N–H and O–H groups in total. The predicted octanol–water partition coefficient (Wildman–Crippen LogP) is 1.02. The molecule has 1 saturated heterocycles. The van der Waals surface area contributed by atoms with E-state index < -0.39 is 5.67 Å². The van der Waals surface area contributed by atoms with E-state index in [1.165, 1.54) is 0 Å². The monoisotopic (exact) mass is 311 g/mol. The van der Waals surface area contributed by atoms with Crippen LogP contribution in [-0.2, 0) is 4.79 Å². The average molecular weight is 311 g/mol. The molecule has 1 amide bonds. The van der Waals surface area contributed by atoms with Gasteiger partial charge in [-0.2, -0.15) is 0 Å². The average Bonchev–Trinajstić information content (AvgIpc) is 2.56. The van der Waals surface area contributed by atoms with Crippen molar-refractivity contribution in [3.63, 3.8) is 0 Å². The second-order valence-electron chi connectivity index (χ2n) is 5.35. The van der Waals surface area contributed by atoms with Crippen molar-refractivity contribution in [2.75, 3.05) is 39.9 Å². The van der Waals surface area contributed by atoms with Crippen molar-refractivity contribution in [3.8, 4) is 11.6 Å². The molecule has 22 heavy (non-hydrogen) atoms. The summed E-state index contributed by atoms with van der Waals surface area (Å²) in [4.78, 5) is 16.3. The number of amides is 1. The summed E-state index contributed by atoms with van der Waals surface area (Å²) in [6.07, 6.45) is 3.11. The molecular formula is C15H22FN3O3. The first-order chi connectivity index (χ1) is 10.6. The highest BCUT2D eigenvalue weighted by Crippen LogP contribution is 2.25. The number of carbonyl (C=O) groups excluding carboxylic acids is 1. The van der Waals surface area contributed by atoms with E-state index in [0.29, 0.717) is 50.7 Å². The summed E-state index contributed by atoms with van der Waals surface area (Å²) >= 11 is 0. The second-order valence-corrected chi connectivity index (χ2v) is 5.35. The van der Waals surface area contributed by atoms with E-state index in [-0.39, 0.29) is 6.54 Å². The lowest BCUT2D eigenvalue weighted by Crippen LogP contribution is -2.47. The molecule has 0 bridgehead atoms. The Bertz CT molecular complexity index is 462. The van der Waals surface area contributed by atoms with Crippen molar-refractivity contribution in [3.05, 3.63) is 18.3 Å². The molecule has 0 aliphatic carbocycles. The topological polar surface area (TPSA) is 63.7 Å². The fourth-order valence-corrected chi connectivity index (χ4v) is 2.32. The van der Waals surface area contributed by atoms with E-state index in [0.717, 1.165) is 6.41 Å². The third-order valence-electron chi connectivity index (χ3n) is 3.76. The number of hydrogen-bond acceptors (Lipinski definition) is 5. The molecule has 7 heteroatoms. The molecule has 1 aromatic rings. The van der Waals surface area contributed by atoms with Crippen LogP contribution in [0.4, 0.5) is 4.39 Å². The van der Waals surface area contributed by atoms with Crippen LogP contribution in [0, 0.1) is 0 Å². The van der Waals surface area contributed by atoms with Crippen LogP contribution in [0.1, 0.15) is 12.8 Å². The lowest BCUT2D eigenvalue weighted by Gasteiger charge is -2.34. The number of pyridine rings is 1. The molecule has 0 atom stereocenters. The van der Waals surface area contributed by atoms with E-state index in [1.807, 2.05) is 0 Å². The highest BCUT2D eigenvalue weighted by molar-refractivity contribution is 5.47. The zero-order valence-electron chi connectivity index (χ0n) is 12.8. The number of hydrogen-bond donors (Lipinski definition) is 1. The Morgan fingerprint density at radius 3 is 2.82 bits per heavy atom. The normalized spacial score (nSPS) is 17.1. The first kappa shape index (κ1) is 16.5. The van der Waals surface area contributed by atoms with Gasteiger partial charge in [-0.05, 0) is 6.07 Å². The number of methoxy groups -OCH3 is 1. The number of alkyl halides is 1. The van der Waals surface area contributed by atoms with Gasteiger partial charge in [-0.15, -0.1) is 0 Å². The molecule has 0 saturated carbocycles. The van der Waals surface area contributed by atoms with Crippen LogP contribution in [-0.4, -0.2) is 61.9 Å². The van der Waals surface area contributed by atoms with Gasteiger partial charge in [-0.3, -0.25) is 4.79 Å². The van der Waals surface area contributed by atoms with Gasteiger partial charge in [0.15, 0.2) is 0 Å². The lowest BCUT2D eigenvalue weighted by molar-refractivity contribution is -0.120. The van der Waals surface area contributed by atoms with E-state index in [2.05, 4.69) is 10.3 Å². The third kappa shape index (κ3) is 4.84. The predicted molar refractivity (Wildman–Crippen MR) is 79.9 cm³/mol. The molecule has 0 spiro atoms. The first-order valence-corrected chi connectivity index (χ1v) is 7.37. The first-order valence-electron chi connectivity index (χ1n) is 7.37. The van der Waals surface area contributed by atoms with Gasteiger partial charge in [0.2, 0.25) is 12.3 Å². The smallest absolute Gasteiger partial charge is 0.213 e. The Hall–Kier alpha value is -1.89. The summed E-state index contributed by atoms with van der Waals surface area (Å²) in [5.41, 5.74) is -1.24. The van der Waals surface area contributed by atoms with Gasteiger partial charge in [0.25, 0.3) is 0 Å². The van der Waals surface area contributed by atoms with Crippen molar-refractivity contribution >= 4 is 6.41 Å². The van der Waals surface area contributed by atoms with Crippen molar-refractivity contribution in [2.24, 2.45) is 0 Å². The van der Waals surface area contributed by atoms with Gasteiger partial charge in [0, 0.05) is 45.1 Å². The van der Waals surface area contributed by atoms with Crippen LogP contribution in [0.25, 0.3) is 0 Å². The minimum Gasteiger partial charge on any atom is -0.495 e. The van der Waals surface area contributed by atoms with Crippen LogP contribution in [0.15, 0.2) is 18.3 Å². The van der Waals surface area contributed by atoms with Gasteiger partial charge in [0.05, 0.1) is 13.3 Å². The van der Waals surface area contributed by atoms with Gasteiger partial charge in [0.1, 0.15) is 18.0 Å². The van der Waals surface area contributed by atoms with Gasteiger partial charge >= 0.3 is 0 Å². The number of nitrogens with zero attached hydrogens (tertiary/aromatic N) is 2. The summed E-state index contributed by atoms with van der Waals surface area (Å²) in [7, 11) is 1.58. The minimum atomic E-state index is -1.24. The zero-order valence-corrected chi connectivity index (χ0v) is 12.8. The van der Waals surface area contributed by atoms with Crippen LogP contribution >= 0.6 is 0 Å². The molecule has 1 fully saturated rings. The number of rotatable bonds is 8. The number of aromatic nitrogens is 1. The number of carbonyl (C=O) groups is 1. The van der Waals surface area contributed by atoms with Gasteiger partial charge in [-0.1, -0.05) is 0 Å². The number of halogens is 1. The van der Waals surface area contributed by atoms with Gasteiger partial charge in [-0.25, -0.2) is 9.37 Å². The van der Waals surface area contributed by atoms with Crippen molar-refractivity contribution in [2.45, 2.75) is 18.5 Å². The molecule has 1 aliphatic heterocycles. The third-order valence-corrected chi connectivity index (χ3v) is 3.76. The van der Waals surface area contributed by atoms with Crippen LogP contribution < -0.4 is 14.8 Å². The maximum absolute atomic E-state index is 14.4. The largest absolute Gasteiger partial charge is 0.495 e. The summed E-state index contributed by atoms with van der Waals surface area (Å²) in [6.45, 7) is 2.19. The highest BCUT2D eigenvalue weighted by Gasteiger charge is 2.33. The maximum Gasteiger partial charge on any atom is 0.213 e. The Balaban J connectivity index is 1.61. The number of ether oxygens (including phenoxy) is 2. The Morgan fingerprint density at radius 1 is 1.45 bits per heavy atom. The van der Waals surface area contributed by atoms with Crippen molar-refractivity contribution in [1.82, 2.24) is 15.2 Å². The SMILES string of the molecule is COc1ccc(OCCNCC2(F)CCN(C=O)CC2)nc1. The second kappa shape index (κ2) is 7.93. The molecule has 1 aliphatic rings. The van der Waals surface area contributed by atoms with E-state index in [4.69, 9.17) is 9.47 Å². The van der Waals surface area contributed by atoms with Crippen LogP contribution in [0.3, 0.4) is 0 Å². The number of nitrogens with one attached hydrogen (secondary N) is 1. The minimum absolute atomic E-state index is 0.277. The van der Waals surface area contributed by atoms with E-state index in [9.17, 15) is 9.18 Å². The summed E-state index contributed by atoms with van der Waals surface area (Å²) < 4.78 is 24.9. The molecule has 0 aromatic carbocycles. The molecule has 0 unspecified atom stereocenters. The molecule has 1 aromatic heterocycles. The van der Waals surface area contributed by atoms with Gasteiger partial charge < -0.3 is 19.7 Å². The molecule has 2 rings (SSSR count). The number of likely N-dealkylation sites (tertiary alicyclic amines) is 1. The van der Waals surface area contributed by atoms with E-state index in [1.54, 1.807) is 30.3 Å². The Kier molecular flexibility index (Phi) is 5.94. The molecule has 122 valence electrons. The quantitative estimate of drug-likeness (QED) is 0.574. The lowest BCUT2D eigenvalue weighted by atomic mass is 9.93. The maximum atomic E-state index is 14.4. The molecule has 0 radical (unpaired) electrons. The van der Waals surface area contributed by atoms with E-state index >= 15 is 0 Å². The molecule has 2 heterocycles. The fourth-order valence-electron chi connectivity index (χ4n) is 2.32. The van der Waals surface area contributed by atoms with Crippen molar-refractivity contribution in [1.29, 1.82) is 0 Å². The summed E-state index contributed by atoms with van der Waals surface area (Å²) in [5, 5.41) is 3.06. The van der Waals surface area contributed by atoms with Crippen LogP contribution in [0.2, 0.25) is 0 Å². The molecular weight excluding hydrogens is 289 g/mol.